The van der Waals surface area contributed by atoms with Crippen molar-refractivity contribution in [1.82, 2.24) is 9.47 Å². The minimum Gasteiger partial charge on any atom is -0.344 e. The van der Waals surface area contributed by atoms with Crippen molar-refractivity contribution in [1.29, 1.82) is 0 Å². The summed E-state index contributed by atoms with van der Waals surface area (Å²) in [6.07, 6.45) is 3.20. The third-order valence-electron chi connectivity index (χ3n) is 4.20. The molecule has 1 aromatic carbocycles. The van der Waals surface area contributed by atoms with Crippen molar-refractivity contribution in [2.45, 2.75) is 32.7 Å². The maximum Gasteiger partial charge on any atom is 0.253 e. The van der Waals surface area contributed by atoms with E-state index in [4.69, 9.17) is 0 Å². The molecule has 6 heteroatoms. The first-order chi connectivity index (χ1) is 12.3. The smallest absolute Gasteiger partial charge is 0.253 e. The number of rotatable bonds is 7. The van der Waals surface area contributed by atoms with Crippen LogP contribution >= 0.6 is 0 Å². The van der Waals surface area contributed by atoms with Crippen molar-refractivity contribution in [3.05, 3.63) is 69.9 Å². The average Bonchev–Trinajstić information content (AvgIpc) is 2.63. The highest BCUT2D eigenvalue weighted by atomic mass is 19.1. The number of amides is 1. The van der Waals surface area contributed by atoms with E-state index in [1.54, 1.807) is 20.0 Å². The molecule has 0 spiro atoms. The van der Waals surface area contributed by atoms with E-state index in [2.05, 4.69) is 0 Å². The molecule has 1 unspecified atom stereocenters. The fourth-order valence-corrected chi connectivity index (χ4v) is 2.66. The van der Waals surface area contributed by atoms with Gasteiger partial charge in [-0.15, -0.1) is 0 Å². The second-order valence-corrected chi connectivity index (χ2v) is 6.34. The van der Waals surface area contributed by atoms with Crippen LogP contribution in [0.1, 0.15) is 41.7 Å². The van der Waals surface area contributed by atoms with Gasteiger partial charge in [0.15, 0.2) is 11.8 Å². The van der Waals surface area contributed by atoms with Gasteiger partial charge < -0.3 is 4.90 Å². The van der Waals surface area contributed by atoms with Crippen molar-refractivity contribution in [3.63, 3.8) is 0 Å². The van der Waals surface area contributed by atoms with Gasteiger partial charge in [0.1, 0.15) is 5.82 Å². The quantitative estimate of drug-likeness (QED) is 0.565. The molecule has 0 saturated heterocycles. The monoisotopic (exact) mass is 358 g/mol. The third kappa shape index (κ3) is 4.45. The zero-order valence-electron chi connectivity index (χ0n) is 15.2. The molecule has 0 radical (unpaired) electrons. The van der Waals surface area contributed by atoms with E-state index in [9.17, 15) is 18.8 Å². The first-order valence-corrected chi connectivity index (χ1v) is 8.58. The predicted molar refractivity (Wildman–Crippen MR) is 97.8 cm³/mol. The van der Waals surface area contributed by atoms with Crippen LogP contribution < -0.4 is 5.56 Å². The Bertz CT molecular complexity index is 843. The van der Waals surface area contributed by atoms with E-state index >= 15 is 0 Å². The maximum absolute atomic E-state index is 13.2. The van der Waals surface area contributed by atoms with Gasteiger partial charge in [-0.05, 0) is 43.2 Å². The lowest BCUT2D eigenvalue weighted by atomic mass is 10.0. The van der Waals surface area contributed by atoms with E-state index in [-0.39, 0.29) is 5.56 Å². The van der Waals surface area contributed by atoms with Crippen molar-refractivity contribution < 1.29 is 14.0 Å². The van der Waals surface area contributed by atoms with Crippen LogP contribution in [0.25, 0.3) is 0 Å². The fraction of sp³-hybridized carbons (Fsp3) is 0.350. The van der Waals surface area contributed by atoms with Crippen LogP contribution in [0, 0.1) is 12.7 Å². The van der Waals surface area contributed by atoms with Crippen LogP contribution in [0.4, 0.5) is 4.39 Å². The Labute approximate surface area is 152 Å². The van der Waals surface area contributed by atoms with E-state index in [1.165, 1.54) is 29.3 Å². The number of pyridine rings is 1. The summed E-state index contributed by atoms with van der Waals surface area (Å²) in [6, 6.07) is 6.62. The van der Waals surface area contributed by atoms with Crippen LogP contribution in [0.3, 0.4) is 0 Å². The summed E-state index contributed by atoms with van der Waals surface area (Å²) in [4.78, 5) is 39.8. The van der Waals surface area contributed by atoms with Crippen LogP contribution in [-0.4, -0.2) is 34.7 Å². The number of carbonyl (C=O) groups excluding carboxylic acids is 2. The molecule has 1 amide bonds. The number of aryl methyl sites for hydroxylation is 1. The minimum atomic E-state index is -1.31. The molecule has 2 rings (SSSR count). The van der Waals surface area contributed by atoms with E-state index in [1.807, 2.05) is 6.92 Å². The Morgan fingerprint density at radius 3 is 2.42 bits per heavy atom. The number of hydrogen-bond acceptors (Lipinski definition) is 3. The summed E-state index contributed by atoms with van der Waals surface area (Å²) in [5.41, 5.74) is 0.501. The second-order valence-electron chi connectivity index (χ2n) is 6.34. The Hall–Kier alpha value is -2.76. The normalized spacial score (nSPS) is 11.8. The van der Waals surface area contributed by atoms with Gasteiger partial charge in [-0.1, -0.05) is 19.4 Å². The number of likely N-dealkylation sites (N-methyl/N-ethyl adjacent to an activating group) is 1. The molecular weight excluding hydrogens is 335 g/mol. The molecule has 1 heterocycles. The first-order valence-electron chi connectivity index (χ1n) is 8.58. The molecule has 0 fully saturated rings. The third-order valence-corrected chi connectivity index (χ3v) is 4.20. The molecule has 5 nitrogen and oxygen atoms in total. The predicted octanol–water partition coefficient (Wildman–Crippen LogP) is 2.98. The van der Waals surface area contributed by atoms with Gasteiger partial charge in [0.2, 0.25) is 0 Å². The number of Topliss-reactive ketones (excluding diaryl/α,β-unsaturated/α-hetero) is 1. The molecule has 0 saturated carbocycles. The van der Waals surface area contributed by atoms with Crippen LogP contribution in [0.15, 0.2) is 47.4 Å². The van der Waals surface area contributed by atoms with Gasteiger partial charge in [0.05, 0.1) is 0 Å². The number of benzene rings is 1. The highest BCUT2D eigenvalue weighted by Crippen LogP contribution is 2.17. The van der Waals surface area contributed by atoms with Gasteiger partial charge in [-0.3, -0.25) is 19.0 Å². The number of ketones is 1. The molecule has 138 valence electrons. The Morgan fingerprint density at radius 2 is 1.81 bits per heavy atom. The molecular formula is C20H23FN2O3. The van der Waals surface area contributed by atoms with Gasteiger partial charge in [0, 0.05) is 31.4 Å². The fourth-order valence-electron chi connectivity index (χ4n) is 2.66. The average molecular weight is 358 g/mol. The zero-order valence-corrected chi connectivity index (χ0v) is 15.2. The number of aromatic nitrogens is 1. The molecule has 0 aliphatic heterocycles. The topological polar surface area (TPSA) is 59.4 Å². The van der Waals surface area contributed by atoms with Crippen molar-refractivity contribution >= 4 is 11.7 Å². The molecule has 1 atom stereocenters. The number of nitrogens with zero attached hydrogens (tertiary/aromatic N) is 2. The summed E-state index contributed by atoms with van der Waals surface area (Å²) in [7, 11) is 1.61. The molecule has 2 aromatic rings. The minimum absolute atomic E-state index is 0.182. The van der Waals surface area contributed by atoms with Crippen molar-refractivity contribution in [3.8, 4) is 0 Å². The summed E-state index contributed by atoms with van der Waals surface area (Å²) >= 11 is 0. The van der Waals surface area contributed by atoms with E-state index in [0.29, 0.717) is 6.54 Å². The van der Waals surface area contributed by atoms with Gasteiger partial charge in [0.25, 0.3) is 11.5 Å². The van der Waals surface area contributed by atoms with Gasteiger partial charge in [-0.25, -0.2) is 4.39 Å². The summed E-state index contributed by atoms with van der Waals surface area (Å²) < 4.78 is 14.3. The Morgan fingerprint density at radius 1 is 1.15 bits per heavy atom. The maximum atomic E-state index is 13.2. The van der Waals surface area contributed by atoms with E-state index in [0.717, 1.165) is 35.1 Å². The lowest BCUT2D eigenvalue weighted by molar-refractivity contribution is -0.132. The molecule has 26 heavy (non-hydrogen) atoms. The second kappa shape index (κ2) is 8.56. The lowest BCUT2D eigenvalue weighted by Gasteiger charge is -2.24. The summed E-state index contributed by atoms with van der Waals surface area (Å²) in [5, 5.41) is 0. The first kappa shape index (κ1) is 19.6. The highest BCUT2D eigenvalue weighted by molar-refractivity contribution is 6.11. The number of carbonyl (C=O) groups is 2. The molecule has 0 bridgehead atoms. The lowest BCUT2D eigenvalue weighted by Crippen LogP contribution is -2.42. The number of unbranched alkanes of at least 4 members (excludes halogenated alkanes) is 1. The largest absolute Gasteiger partial charge is 0.344 e. The molecule has 0 aliphatic rings. The van der Waals surface area contributed by atoms with Crippen LogP contribution in [0.2, 0.25) is 0 Å². The Balaban J connectivity index is 2.49. The van der Waals surface area contributed by atoms with Crippen LogP contribution in [-0.2, 0) is 4.79 Å². The standard InChI is InChI=1S/C20H23FN2O3/c1-4-5-12-22(3)20(26)18(23-13-14(2)6-11-17(23)24)19(25)15-7-9-16(21)10-8-15/h6-11,13,18H,4-5,12H2,1-3H3. The summed E-state index contributed by atoms with van der Waals surface area (Å²) in [6.45, 7) is 4.27. The highest BCUT2D eigenvalue weighted by Gasteiger charge is 2.32. The van der Waals surface area contributed by atoms with E-state index < -0.39 is 29.1 Å². The van der Waals surface area contributed by atoms with Crippen molar-refractivity contribution in [2.24, 2.45) is 0 Å². The van der Waals surface area contributed by atoms with Gasteiger partial charge >= 0.3 is 0 Å². The summed E-state index contributed by atoms with van der Waals surface area (Å²) in [5.74, 6) is -1.47. The Kier molecular flexibility index (Phi) is 6.44. The van der Waals surface area contributed by atoms with Crippen molar-refractivity contribution in [2.75, 3.05) is 13.6 Å². The zero-order chi connectivity index (χ0) is 19.3. The number of halogens is 1. The molecule has 0 N–H and O–H groups in total. The molecule has 0 aliphatic carbocycles. The molecule has 1 aromatic heterocycles. The number of hydrogen-bond donors (Lipinski definition) is 0. The van der Waals surface area contributed by atoms with Crippen LogP contribution in [0.5, 0.6) is 0 Å². The SMILES string of the molecule is CCCCN(C)C(=O)C(C(=O)c1ccc(F)cc1)n1cc(C)ccc1=O. The van der Waals surface area contributed by atoms with Gasteiger partial charge in [-0.2, -0.15) is 0 Å².